The van der Waals surface area contributed by atoms with Gasteiger partial charge in [-0.15, -0.1) is 0 Å². The van der Waals surface area contributed by atoms with Crippen LogP contribution in [0.3, 0.4) is 0 Å². The fraction of sp³-hybridized carbons (Fsp3) is 0.250. The molecule has 1 aromatic rings. The normalized spacial score (nSPS) is 11.4. The number of esters is 1. The van der Waals surface area contributed by atoms with Crippen molar-refractivity contribution in [3.63, 3.8) is 0 Å². The van der Waals surface area contributed by atoms with Crippen molar-refractivity contribution in [1.82, 2.24) is 5.32 Å². The number of anilines is 1. The molecule has 0 aromatic heterocycles. The van der Waals surface area contributed by atoms with Crippen LogP contribution in [-0.4, -0.2) is 36.2 Å². The molecule has 0 radical (unpaired) electrons. The number of carbonyl (C=O) groups is 3. The summed E-state index contributed by atoms with van der Waals surface area (Å²) >= 11 is 6.51. The number of urea groups is 1. The van der Waals surface area contributed by atoms with E-state index in [2.05, 4.69) is 47.2 Å². The Hall–Kier alpha value is -1.61. The van der Waals surface area contributed by atoms with Crippen LogP contribution in [0, 0.1) is 0 Å². The molecule has 114 valence electrons. The summed E-state index contributed by atoms with van der Waals surface area (Å²) in [6, 6.07) is 3.00. The van der Waals surface area contributed by atoms with Gasteiger partial charge in [-0.05, 0) is 34.1 Å². The minimum atomic E-state index is -1.37. The highest BCUT2D eigenvalue weighted by Gasteiger charge is 2.23. The van der Waals surface area contributed by atoms with E-state index >= 15 is 0 Å². The van der Waals surface area contributed by atoms with E-state index in [1.165, 1.54) is 0 Å². The van der Waals surface area contributed by atoms with Gasteiger partial charge in [0.05, 0.1) is 19.2 Å². The van der Waals surface area contributed by atoms with Crippen molar-refractivity contribution in [1.29, 1.82) is 0 Å². The molecule has 0 saturated heterocycles. The Bertz CT molecular complexity index is 565. The van der Waals surface area contributed by atoms with Crippen molar-refractivity contribution in [3.8, 4) is 0 Å². The van der Waals surface area contributed by atoms with Gasteiger partial charge in [-0.1, -0.05) is 15.9 Å². The molecular formula is C12H12Br2N2O5. The van der Waals surface area contributed by atoms with E-state index in [-0.39, 0.29) is 0 Å². The molecule has 7 nitrogen and oxygen atoms in total. The van der Waals surface area contributed by atoms with E-state index in [4.69, 9.17) is 5.11 Å². The van der Waals surface area contributed by atoms with E-state index in [1.807, 2.05) is 0 Å². The maximum atomic E-state index is 11.8. The monoisotopic (exact) mass is 422 g/mol. The Morgan fingerprint density at radius 3 is 2.57 bits per heavy atom. The molecule has 9 heteroatoms. The lowest BCUT2D eigenvalue weighted by atomic mass is 10.2. The zero-order valence-electron chi connectivity index (χ0n) is 10.9. The largest absolute Gasteiger partial charge is 0.480 e. The minimum Gasteiger partial charge on any atom is -0.480 e. The summed E-state index contributed by atoms with van der Waals surface area (Å²) in [4.78, 5) is 33.9. The van der Waals surface area contributed by atoms with Crippen LogP contribution < -0.4 is 10.6 Å². The van der Waals surface area contributed by atoms with Gasteiger partial charge in [0, 0.05) is 8.95 Å². The fourth-order valence-electron chi connectivity index (χ4n) is 1.36. The Morgan fingerprint density at radius 2 is 2.00 bits per heavy atom. The Kier molecular flexibility index (Phi) is 6.63. The number of methoxy groups -OCH3 is 1. The second-order valence-electron chi connectivity index (χ2n) is 3.89. The molecule has 1 atom stereocenters. The lowest BCUT2D eigenvalue weighted by Gasteiger charge is -2.14. The Labute approximate surface area is 137 Å². The van der Waals surface area contributed by atoms with Gasteiger partial charge in [-0.3, -0.25) is 4.79 Å². The number of carboxylic acid groups (broad SMARTS) is 1. The molecule has 0 unspecified atom stereocenters. The predicted molar refractivity (Wildman–Crippen MR) is 82.1 cm³/mol. The summed E-state index contributed by atoms with van der Waals surface area (Å²) in [5.41, 5.74) is 0.448. The minimum absolute atomic E-state index is 0.448. The summed E-state index contributed by atoms with van der Waals surface area (Å²) < 4.78 is 5.74. The van der Waals surface area contributed by atoms with Crippen LogP contribution in [0.4, 0.5) is 10.5 Å². The first-order valence-corrected chi connectivity index (χ1v) is 7.24. The van der Waals surface area contributed by atoms with Crippen LogP contribution in [0.1, 0.15) is 6.42 Å². The van der Waals surface area contributed by atoms with Crippen LogP contribution in [0.2, 0.25) is 0 Å². The molecule has 0 aliphatic heterocycles. The van der Waals surface area contributed by atoms with Gasteiger partial charge >= 0.3 is 18.0 Å². The number of ether oxygens (including phenoxy) is 1. The molecule has 0 spiro atoms. The van der Waals surface area contributed by atoms with Gasteiger partial charge in [0.25, 0.3) is 0 Å². The zero-order valence-corrected chi connectivity index (χ0v) is 14.0. The lowest BCUT2D eigenvalue weighted by Crippen LogP contribution is -2.44. The van der Waals surface area contributed by atoms with Crippen LogP contribution in [0.15, 0.2) is 27.1 Å². The molecule has 0 saturated carbocycles. The molecule has 0 bridgehead atoms. The topological polar surface area (TPSA) is 105 Å². The maximum absolute atomic E-state index is 11.8. The molecule has 0 aliphatic rings. The van der Waals surface area contributed by atoms with Crippen molar-refractivity contribution in [2.75, 3.05) is 12.4 Å². The number of nitrogens with one attached hydrogen (secondary N) is 2. The molecule has 2 amide bonds. The Morgan fingerprint density at radius 1 is 1.33 bits per heavy atom. The summed E-state index contributed by atoms with van der Waals surface area (Å²) in [5.74, 6) is -2.06. The van der Waals surface area contributed by atoms with Crippen molar-refractivity contribution >= 4 is 55.5 Å². The average molecular weight is 424 g/mol. The highest BCUT2D eigenvalue weighted by atomic mass is 79.9. The number of carbonyl (C=O) groups excluding carboxylic acids is 2. The smallest absolute Gasteiger partial charge is 0.326 e. The van der Waals surface area contributed by atoms with E-state index in [1.54, 1.807) is 18.2 Å². The number of hydrogen-bond donors (Lipinski definition) is 3. The molecule has 0 aliphatic carbocycles. The van der Waals surface area contributed by atoms with E-state index in [0.29, 0.717) is 10.2 Å². The van der Waals surface area contributed by atoms with Crippen LogP contribution in [0.5, 0.6) is 0 Å². The van der Waals surface area contributed by atoms with Crippen LogP contribution in [0.25, 0.3) is 0 Å². The quantitative estimate of drug-likeness (QED) is 0.630. The SMILES string of the molecule is COC(=O)C[C@H](NC(=O)Nc1cc(Br)ccc1Br)C(=O)O. The first-order chi connectivity index (χ1) is 9.83. The first-order valence-electron chi connectivity index (χ1n) is 5.65. The number of hydrogen-bond acceptors (Lipinski definition) is 4. The van der Waals surface area contributed by atoms with Crippen molar-refractivity contribution in [2.45, 2.75) is 12.5 Å². The number of aliphatic carboxylic acids is 1. The van der Waals surface area contributed by atoms with Gasteiger partial charge < -0.3 is 20.5 Å². The number of carboxylic acids is 1. The molecule has 1 rings (SSSR count). The standard InChI is InChI=1S/C12H12Br2N2O5/c1-21-10(17)5-9(11(18)19)16-12(20)15-8-4-6(13)2-3-7(8)14/h2-4,9H,5H2,1H3,(H,18,19)(H2,15,16,20)/t9-/m0/s1. The molecule has 3 N–H and O–H groups in total. The van der Waals surface area contributed by atoms with Crippen molar-refractivity contribution in [2.24, 2.45) is 0 Å². The van der Waals surface area contributed by atoms with Gasteiger partial charge in [-0.25, -0.2) is 9.59 Å². The number of rotatable bonds is 5. The summed E-state index contributed by atoms with van der Waals surface area (Å²) in [7, 11) is 1.14. The molecule has 0 heterocycles. The van der Waals surface area contributed by atoms with Crippen molar-refractivity contribution in [3.05, 3.63) is 27.1 Å². The van der Waals surface area contributed by atoms with Gasteiger partial charge in [-0.2, -0.15) is 0 Å². The van der Waals surface area contributed by atoms with E-state index in [0.717, 1.165) is 11.6 Å². The number of amides is 2. The molecule has 21 heavy (non-hydrogen) atoms. The van der Waals surface area contributed by atoms with Gasteiger partial charge in [0.1, 0.15) is 6.04 Å². The first kappa shape index (κ1) is 17.4. The zero-order chi connectivity index (χ0) is 16.0. The fourth-order valence-corrected chi connectivity index (χ4v) is 2.07. The summed E-state index contributed by atoms with van der Waals surface area (Å²) in [6.07, 6.45) is -0.459. The Balaban J connectivity index is 2.72. The highest BCUT2D eigenvalue weighted by molar-refractivity contribution is 9.11. The summed E-state index contributed by atoms with van der Waals surface area (Å²) in [5, 5.41) is 13.6. The van der Waals surface area contributed by atoms with Gasteiger partial charge in [0.2, 0.25) is 0 Å². The van der Waals surface area contributed by atoms with E-state index < -0.39 is 30.4 Å². The highest BCUT2D eigenvalue weighted by Crippen LogP contribution is 2.26. The third kappa shape index (κ3) is 5.72. The van der Waals surface area contributed by atoms with Crippen LogP contribution >= 0.6 is 31.9 Å². The predicted octanol–water partition coefficient (Wildman–Crippen LogP) is 2.35. The average Bonchev–Trinajstić information content (AvgIpc) is 2.41. The molecule has 0 fully saturated rings. The third-order valence-corrected chi connectivity index (χ3v) is 3.56. The third-order valence-electron chi connectivity index (χ3n) is 2.38. The van der Waals surface area contributed by atoms with Crippen molar-refractivity contribution < 1.29 is 24.2 Å². The maximum Gasteiger partial charge on any atom is 0.326 e. The number of benzene rings is 1. The van der Waals surface area contributed by atoms with Crippen LogP contribution in [-0.2, 0) is 14.3 Å². The second-order valence-corrected chi connectivity index (χ2v) is 5.66. The van der Waals surface area contributed by atoms with E-state index in [9.17, 15) is 14.4 Å². The van der Waals surface area contributed by atoms with Gasteiger partial charge in [0.15, 0.2) is 0 Å². The molecule has 1 aromatic carbocycles. The second kappa shape index (κ2) is 7.99. The summed E-state index contributed by atoms with van der Waals surface area (Å²) in [6.45, 7) is 0. The lowest BCUT2D eigenvalue weighted by molar-refractivity contribution is -0.147. The number of halogens is 2. The molecular weight excluding hydrogens is 412 g/mol.